The van der Waals surface area contributed by atoms with Crippen LogP contribution in [0.3, 0.4) is 0 Å². The predicted octanol–water partition coefficient (Wildman–Crippen LogP) is 4.38. The minimum Gasteiger partial charge on any atom is -0.497 e. The Morgan fingerprint density at radius 1 is 1.08 bits per heavy atom. The third-order valence-corrected chi connectivity index (χ3v) is 4.53. The van der Waals surface area contributed by atoms with Crippen molar-refractivity contribution in [1.29, 1.82) is 0 Å². The van der Waals surface area contributed by atoms with Crippen molar-refractivity contribution in [2.24, 2.45) is 0 Å². The maximum Gasteiger partial charge on any atom is 0.231 e. The minimum atomic E-state index is 0.108. The fraction of sp³-hybridized carbons (Fsp3) is 0.238. The summed E-state index contributed by atoms with van der Waals surface area (Å²) in [7, 11) is 1.67. The molecule has 26 heavy (non-hydrogen) atoms. The van der Waals surface area contributed by atoms with Crippen molar-refractivity contribution < 1.29 is 18.9 Å². The molecule has 134 valence electrons. The van der Waals surface area contributed by atoms with Crippen LogP contribution >= 0.6 is 0 Å². The van der Waals surface area contributed by atoms with Gasteiger partial charge in [0.15, 0.2) is 17.4 Å². The van der Waals surface area contributed by atoms with Crippen LogP contribution in [0.5, 0.6) is 17.2 Å². The molecule has 1 atom stereocenters. The van der Waals surface area contributed by atoms with E-state index in [-0.39, 0.29) is 12.8 Å². The Balaban J connectivity index is 1.40. The molecule has 0 aliphatic carbocycles. The highest BCUT2D eigenvalue weighted by Crippen LogP contribution is 2.36. The number of ether oxygens (including phenoxy) is 4. The molecular weight excluding hydrogens is 330 g/mol. The molecule has 0 saturated heterocycles. The van der Waals surface area contributed by atoms with Crippen molar-refractivity contribution in [1.82, 2.24) is 5.32 Å². The van der Waals surface area contributed by atoms with Crippen LogP contribution in [-0.2, 0) is 4.74 Å². The van der Waals surface area contributed by atoms with Gasteiger partial charge in [-0.2, -0.15) is 0 Å². The van der Waals surface area contributed by atoms with Crippen LogP contribution in [0.25, 0.3) is 5.57 Å². The zero-order valence-corrected chi connectivity index (χ0v) is 14.8. The Kier molecular flexibility index (Phi) is 4.44. The van der Waals surface area contributed by atoms with E-state index in [0.29, 0.717) is 0 Å². The highest BCUT2D eigenvalue weighted by Gasteiger charge is 2.17. The topological polar surface area (TPSA) is 49.0 Å². The Bertz CT molecular complexity index is 872. The van der Waals surface area contributed by atoms with Gasteiger partial charge in [-0.25, -0.2) is 0 Å². The molecule has 1 N–H and O–H groups in total. The van der Waals surface area contributed by atoms with Gasteiger partial charge in [0.25, 0.3) is 0 Å². The summed E-state index contributed by atoms with van der Waals surface area (Å²) in [5.74, 6) is 3.17. The van der Waals surface area contributed by atoms with E-state index in [1.54, 1.807) is 13.4 Å². The second-order valence-electron chi connectivity index (χ2n) is 6.24. The van der Waals surface area contributed by atoms with Crippen LogP contribution in [0.1, 0.15) is 30.5 Å². The van der Waals surface area contributed by atoms with Crippen LogP contribution in [0.15, 0.2) is 60.7 Å². The first kappa shape index (κ1) is 16.4. The molecule has 2 aliphatic heterocycles. The highest BCUT2D eigenvalue weighted by molar-refractivity contribution is 5.69. The Morgan fingerprint density at radius 3 is 2.77 bits per heavy atom. The van der Waals surface area contributed by atoms with Crippen LogP contribution in [-0.4, -0.2) is 13.9 Å². The van der Waals surface area contributed by atoms with Gasteiger partial charge < -0.3 is 24.3 Å². The molecule has 0 aromatic heterocycles. The van der Waals surface area contributed by atoms with Gasteiger partial charge in [-0.15, -0.1) is 0 Å². The van der Waals surface area contributed by atoms with Crippen molar-refractivity contribution in [3.05, 3.63) is 71.8 Å². The molecule has 2 aliphatic rings. The molecule has 2 heterocycles. The monoisotopic (exact) mass is 351 g/mol. The lowest BCUT2D eigenvalue weighted by atomic mass is 10.0. The standard InChI is InChI=1S/C21H21NO4/c1-14(15-4-3-5-18(10-15)23-2)22-21-9-7-17(12-24-21)16-6-8-19-20(11-16)26-13-25-19/h3-6,8-12,14,22H,7,13H2,1-2H3/t14-/m0/s1. The number of rotatable bonds is 5. The van der Waals surface area contributed by atoms with Crippen LogP contribution in [0.2, 0.25) is 0 Å². The molecule has 2 aromatic rings. The Labute approximate surface area is 152 Å². The summed E-state index contributed by atoms with van der Waals surface area (Å²) in [6, 6.07) is 14.1. The van der Waals surface area contributed by atoms with E-state index in [1.807, 2.05) is 36.4 Å². The normalized spacial score (nSPS) is 16.2. The molecule has 0 spiro atoms. The molecule has 0 radical (unpaired) electrons. The van der Waals surface area contributed by atoms with Gasteiger partial charge in [-0.1, -0.05) is 18.2 Å². The van der Waals surface area contributed by atoms with E-state index in [9.17, 15) is 0 Å². The molecule has 0 unspecified atom stereocenters. The van der Waals surface area contributed by atoms with Crippen molar-refractivity contribution in [2.45, 2.75) is 19.4 Å². The second kappa shape index (κ2) is 7.04. The fourth-order valence-electron chi connectivity index (χ4n) is 3.02. The lowest BCUT2D eigenvalue weighted by molar-refractivity contribution is 0.174. The summed E-state index contributed by atoms with van der Waals surface area (Å²) in [5.41, 5.74) is 3.31. The van der Waals surface area contributed by atoms with E-state index in [1.165, 1.54) is 0 Å². The van der Waals surface area contributed by atoms with Gasteiger partial charge in [0.05, 0.1) is 19.4 Å². The summed E-state index contributed by atoms with van der Waals surface area (Å²) in [6.07, 6.45) is 4.63. The largest absolute Gasteiger partial charge is 0.497 e. The number of hydrogen-bond donors (Lipinski definition) is 1. The lowest BCUT2D eigenvalue weighted by Crippen LogP contribution is -2.20. The molecule has 5 heteroatoms. The summed E-state index contributed by atoms with van der Waals surface area (Å²) in [6.45, 7) is 2.38. The third kappa shape index (κ3) is 3.33. The van der Waals surface area contributed by atoms with Crippen molar-refractivity contribution in [3.63, 3.8) is 0 Å². The van der Waals surface area contributed by atoms with Crippen LogP contribution < -0.4 is 19.5 Å². The maximum absolute atomic E-state index is 5.80. The number of methoxy groups -OCH3 is 1. The van der Waals surface area contributed by atoms with Crippen LogP contribution in [0.4, 0.5) is 0 Å². The zero-order chi connectivity index (χ0) is 17.9. The molecule has 0 bridgehead atoms. The smallest absolute Gasteiger partial charge is 0.231 e. The van der Waals surface area contributed by atoms with Crippen LogP contribution in [0, 0.1) is 0 Å². The predicted molar refractivity (Wildman–Crippen MR) is 98.9 cm³/mol. The number of hydrogen-bond acceptors (Lipinski definition) is 5. The second-order valence-corrected chi connectivity index (χ2v) is 6.24. The maximum atomic E-state index is 5.80. The van der Waals surface area contributed by atoms with Gasteiger partial charge in [-0.05, 0) is 60.4 Å². The molecule has 4 rings (SSSR count). The SMILES string of the molecule is COc1cccc([C@H](C)NC2=CCC(c3ccc4c(c3)OCO4)=CO2)c1. The molecule has 2 aromatic carbocycles. The highest BCUT2D eigenvalue weighted by atomic mass is 16.7. The van der Waals surface area contributed by atoms with Crippen molar-refractivity contribution in [3.8, 4) is 17.2 Å². The molecule has 5 nitrogen and oxygen atoms in total. The fourth-order valence-corrected chi connectivity index (χ4v) is 3.02. The summed E-state index contributed by atoms with van der Waals surface area (Å²) in [4.78, 5) is 0. The number of benzene rings is 2. The van der Waals surface area contributed by atoms with Gasteiger partial charge >= 0.3 is 0 Å². The van der Waals surface area contributed by atoms with Gasteiger partial charge in [0, 0.05) is 0 Å². The van der Waals surface area contributed by atoms with E-state index < -0.39 is 0 Å². The van der Waals surface area contributed by atoms with Gasteiger partial charge in [0.2, 0.25) is 6.79 Å². The first-order valence-electron chi connectivity index (χ1n) is 8.59. The first-order valence-corrected chi connectivity index (χ1v) is 8.59. The number of nitrogens with one attached hydrogen (secondary N) is 1. The van der Waals surface area contributed by atoms with E-state index in [4.69, 9.17) is 18.9 Å². The molecule has 0 amide bonds. The summed E-state index contributed by atoms with van der Waals surface area (Å²) < 4.78 is 21.9. The van der Waals surface area contributed by atoms with Gasteiger partial charge in [0.1, 0.15) is 5.75 Å². The molecule has 0 saturated carbocycles. The minimum absolute atomic E-state index is 0.108. The summed E-state index contributed by atoms with van der Waals surface area (Å²) >= 11 is 0. The molecular formula is C21H21NO4. The quantitative estimate of drug-likeness (QED) is 0.866. The summed E-state index contributed by atoms with van der Waals surface area (Å²) in [5, 5.41) is 3.39. The van der Waals surface area contributed by atoms with Crippen molar-refractivity contribution in [2.75, 3.05) is 13.9 Å². The first-order chi connectivity index (χ1) is 12.7. The average molecular weight is 351 g/mol. The third-order valence-electron chi connectivity index (χ3n) is 4.53. The lowest BCUT2D eigenvalue weighted by Gasteiger charge is -2.21. The van der Waals surface area contributed by atoms with E-state index >= 15 is 0 Å². The Morgan fingerprint density at radius 2 is 1.96 bits per heavy atom. The van der Waals surface area contributed by atoms with E-state index in [2.05, 4.69) is 24.4 Å². The average Bonchev–Trinajstić information content (AvgIpc) is 3.16. The zero-order valence-electron chi connectivity index (χ0n) is 14.8. The van der Waals surface area contributed by atoms with E-state index in [0.717, 1.165) is 46.3 Å². The number of fused-ring (bicyclic) bond motifs is 1. The van der Waals surface area contributed by atoms with Gasteiger partial charge in [-0.3, -0.25) is 0 Å². The molecule has 0 fully saturated rings. The van der Waals surface area contributed by atoms with Crippen molar-refractivity contribution >= 4 is 5.57 Å². The number of allylic oxidation sites excluding steroid dienone is 2. The Hall–Kier alpha value is -3.08.